The molecular formula is C32H34N2O2S. The number of rotatable bonds is 8. The third kappa shape index (κ3) is 4.85. The maximum absolute atomic E-state index is 13.7. The number of carbonyl (C=O) groups is 1. The summed E-state index contributed by atoms with van der Waals surface area (Å²) in [6, 6.07) is 19.2. The van der Waals surface area contributed by atoms with Crippen molar-refractivity contribution in [3.63, 3.8) is 0 Å². The van der Waals surface area contributed by atoms with E-state index in [4.69, 9.17) is 4.74 Å². The number of benzene rings is 2. The van der Waals surface area contributed by atoms with Crippen LogP contribution in [0.4, 0.5) is 0 Å². The number of ketones is 1. The van der Waals surface area contributed by atoms with Gasteiger partial charge < -0.3 is 13.9 Å². The number of aromatic nitrogens is 2. The second-order valence-corrected chi connectivity index (χ2v) is 11.4. The predicted molar refractivity (Wildman–Crippen MR) is 153 cm³/mol. The summed E-state index contributed by atoms with van der Waals surface area (Å²) < 4.78 is 11.6. The average molecular weight is 511 g/mol. The molecule has 0 aliphatic heterocycles. The average Bonchev–Trinajstić information content (AvgIpc) is 3.60. The first kappa shape index (κ1) is 24.1. The van der Waals surface area contributed by atoms with E-state index < -0.39 is 0 Å². The van der Waals surface area contributed by atoms with Gasteiger partial charge >= 0.3 is 0 Å². The number of thiophene rings is 1. The van der Waals surface area contributed by atoms with Crippen molar-refractivity contribution in [3.8, 4) is 5.75 Å². The van der Waals surface area contributed by atoms with Crippen LogP contribution in [-0.2, 0) is 20.0 Å². The van der Waals surface area contributed by atoms with Gasteiger partial charge in [0.25, 0.3) is 0 Å². The Balaban J connectivity index is 1.17. The minimum absolute atomic E-state index is 0.0915. The molecule has 5 aromatic rings. The highest BCUT2D eigenvalue weighted by Gasteiger charge is 2.21. The molecule has 190 valence electrons. The van der Waals surface area contributed by atoms with Gasteiger partial charge in [-0.2, -0.15) is 0 Å². The van der Waals surface area contributed by atoms with Crippen LogP contribution < -0.4 is 4.74 Å². The molecule has 3 aromatic heterocycles. The Morgan fingerprint density at radius 2 is 1.81 bits per heavy atom. The van der Waals surface area contributed by atoms with Crippen LogP contribution in [0.5, 0.6) is 5.75 Å². The fourth-order valence-corrected chi connectivity index (χ4v) is 6.60. The van der Waals surface area contributed by atoms with E-state index in [0.29, 0.717) is 6.10 Å². The molecule has 3 heterocycles. The van der Waals surface area contributed by atoms with E-state index in [2.05, 4.69) is 71.6 Å². The van der Waals surface area contributed by atoms with E-state index in [1.165, 1.54) is 43.2 Å². The van der Waals surface area contributed by atoms with Crippen molar-refractivity contribution in [2.45, 2.75) is 64.5 Å². The first-order valence-electron chi connectivity index (χ1n) is 13.5. The maximum Gasteiger partial charge on any atom is 0.211 e. The monoisotopic (exact) mass is 510 g/mol. The highest BCUT2D eigenvalue weighted by molar-refractivity contribution is 7.17. The van der Waals surface area contributed by atoms with Crippen LogP contribution in [0.3, 0.4) is 0 Å². The Bertz CT molecular complexity index is 1550. The number of hydrogen-bond donors (Lipinski definition) is 0. The number of ether oxygens (including phenoxy) is 1. The normalized spacial score (nSPS) is 14.5. The molecule has 0 spiro atoms. The third-order valence-electron chi connectivity index (χ3n) is 7.82. The van der Waals surface area contributed by atoms with Gasteiger partial charge in [-0.15, -0.1) is 11.3 Å². The summed E-state index contributed by atoms with van der Waals surface area (Å²) in [5.41, 5.74) is 6.27. The van der Waals surface area contributed by atoms with E-state index in [1.807, 2.05) is 17.7 Å². The SMILES string of the molecule is Cc1ccc2c(c1)c(C(=O)c1cc3sccc3n1C)cn2CCCc1ccc(OC2CCCCC2)cc1. The molecule has 0 amide bonds. The topological polar surface area (TPSA) is 36.2 Å². The molecule has 0 radical (unpaired) electrons. The highest BCUT2D eigenvalue weighted by atomic mass is 32.1. The number of hydrogen-bond acceptors (Lipinski definition) is 3. The molecular weight excluding hydrogens is 476 g/mol. The van der Waals surface area contributed by atoms with Gasteiger partial charge in [0.1, 0.15) is 5.75 Å². The van der Waals surface area contributed by atoms with Crippen molar-refractivity contribution >= 4 is 38.2 Å². The minimum Gasteiger partial charge on any atom is -0.490 e. The van der Waals surface area contributed by atoms with Crippen LogP contribution in [0.15, 0.2) is 66.2 Å². The number of fused-ring (bicyclic) bond motifs is 2. The summed E-state index contributed by atoms with van der Waals surface area (Å²) in [4.78, 5) is 13.7. The zero-order valence-corrected chi connectivity index (χ0v) is 22.5. The molecule has 5 heteroatoms. The molecule has 0 bridgehead atoms. The lowest BCUT2D eigenvalue weighted by Gasteiger charge is -2.23. The summed E-state index contributed by atoms with van der Waals surface area (Å²) in [5, 5.41) is 3.12. The third-order valence-corrected chi connectivity index (χ3v) is 8.67. The molecule has 37 heavy (non-hydrogen) atoms. The number of nitrogens with zero attached hydrogens (tertiary/aromatic N) is 2. The Labute approximate surface area is 222 Å². The van der Waals surface area contributed by atoms with Gasteiger partial charge in [0.2, 0.25) is 5.78 Å². The van der Waals surface area contributed by atoms with Crippen molar-refractivity contribution in [3.05, 3.63) is 88.6 Å². The van der Waals surface area contributed by atoms with E-state index >= 15 is 0 Å². The lowest BCUT2D eigenvalue weighted by molar-refractivity contribution is 0.103. The largest absolute Gasteiger partial charge is 0.490 e. The van der Waals surface area contributed by atoms with E-state index in [1.54, 1.807) is 11.3 Å². The van der Waals surface area contributed by atoms with Gasteiger partial charge in [-0.25, -0.2) is 0 Å². The summed E-state index contributed by atoms with van der Waals surface area (Å²) >= 11 is 1.68. The summed E-state index contributed by atoms with van der Waals surface area (Å²) in [7, 11) is 1.98. The Morgan fingerprint density at radius 1 is 1.00 bits per heavy atom. The van der Waals surface area contributed by atoms with Gasteiger partial charge in [-0.3, -0.25) is 4.79 Å². The molecule has 1 aliphatic rings. The van der Waals surface area contributed by atoms with Gasteiger partial charge in [-0.05, 0) is 92.8 Å². The molecule has 0 saturated heterocycles. The van der Waals surface area contributed by atoms with Crippen molar-refractivity contribution < 1.29 is 9.53 Å². The lowest BCUT2D eigenvalue weighted by Crippen LogP contribution is -2.19. The fourth-order valence-electron chi connectivity index (χ4n) is 5.75. The molecule has 1 fully saturated rings. The first-order valence-corrected chi connectivity index (χ1v) is 14.4. The van der Waals surface area contributed by atoms with Crippen LogP contribution in [0.25, 0.3) is 21.1 Å². The zero-order valence-electron chi connectivity index (χ0n) is 21.7. The summed E-state index contributed by atoms with van der Waals surface area (Å²) in [5.74, 6) is 1.08. The molecule has 1 aliphatic carbocycles. The van der Waals surface area contributed by atoms with Gasteiger partial charge in [0.05, 0.1) is 22.0 Å². The van der Waals surface area contributed by atoms with E-state index in [9.17, 15) is 4.79 Å². The molecule has 6 rings (SSSR count). The van der Waals surface area contributed by atoms with Crippen LogP contribution in [0.1, 0.15) is 65.7 Å². The second kappa shape index (κ2) is 10.2. The summed E-state index contributed by atoms with van der Waals surface area (Å²) in [6.07, 6.45) is 10.7. The molecule has 0 N–H and O–H groups in total. The number of aryl methyl sites for hydroxylation is 4. The Kier molecular flexibility index (Phi) is 6.64. The minimum atomic E-state index is 0.0915. The molecule has 1 saturated carbocycles. The fraction of sp³-hybridized carbons (Fsp3) is 0.344. The van der Waals surface area contributed by atoms with Crippen molar-refractivity contribution in [2.24, 2.45) is 7.05 Å². The smallest absolute Gasteiger partial charge is 0.211 e. The number of carbonyl (C=O) groups excluding carboxylic acids is 1. The van der Waals surface area contributed by atoms with Crippen molar-refractivity contribution in [1.82, 2.24) is 9.13 Å². The lowest BCUT2D eigenvalue weighted by atomic mass is 9.98. The van der Waals surface area contributed by atoms with Gasteiger partial charge in [0.15, 0.2) is 0 Å². The maximum atomic E-state index is 13.7. The van der Waals surface area contributed by atoms with E-state index in [0.717, 1.165) is 57.5 Å². The van der Waals surface area contributed by atoms with Crippen LogP contribution in [0, 0.1) is 6.92 Å². The Hall–Kier alpha value is -3.31. The first-order chi connectivity index (χ1) is 18.1. The Morgan fingerprint density at radius 3 is 2.59 bits per heavy atom. The highest BCUT2D eigenvalue weighted by Crippen LogP contribution is 2.30. The van der Waals surface area contributed by atoms with Gasteiger partial charge in [-0.1, -0.05) is 30.2 Å². The summed E-state index contributed by atoms with van der Waals surface area (Å²) in [6.45, 7) is 2.96. The standard InChI is InChI=1S/C32H34N2O2S/c1-22-10-15-28-26(19-22)27(32(35)30-20-31-29(33(30)2)16-18-37-31)21-34(28)17-6-7-23-11-13-25(14-12-23)36-24-8-4-3-5-9-24/h10-16,18-21,24H,3-9,17H2,1-2H3. The molecule has 0 unspecified atom stereocenters. The van der Waals surface area contributed by atoms with Crippen LogP contribution >= 0.6 is 11.3 Å². The van der Waals surface area contributed by atoms with Crippen LogP contribution in [0.2, 0.25) is 0 Å². The van der Waals surface area contributed by atoms with Crippen molar-refractivity contribution in [2.75, 3.05) is 0 Å². The van der Waals surface area contributed by atoms with Crippen LogP contribution in [-0.4, -0.2) is 21.0 Å². The molecule has 0 atom stereocenters. The quantitative estimate of drug-likeness (QED) is 0.198. The molecule has 4 nitrogen and oxygen atoms in total. The van der Waals surface area contributed by atoms with Crippen molar-refractivity contribution in [1.29, 1.82) is 0 Å². The zero-order chi connectivity index (χ0) is 25.4. The molecule has 2 aromatic carbocycles. The van der Waals surface area contributed by atoms with Gasteiger partial charge in [0, 0.05) is 36.3 Å². The predicted octanol–water partition coefficient (Wildman–Crippen LogP) is 8.08. The second-order valence-electron chi connectivity index (χ2n) is 10.5. The van der Waals surface area contributed by atoms with E-state index in [-0.39, 0.29) is 5.78 Å².